The van der Waals surface area contributed by atoms with Gasteiger partial charge in [-0.1, -0.05) is 36.5 Å². The molecule has 0 unspecified atom stereocenters. The lowest BCUT2D eigenvalue weighted by Crippen LogP contribution is -2.31. The summed E-state index contributed by atoms with van der Waals surface area (Å²) in [4.78, 5) is 2.27. The first-order chi connectivity index (χ1) is 8.33. The summed E-state index contributed by atoms with van der Waals surface area (Å²) in [5.74, 6) is 0.966. The highest BCUT2D eigenvalue weighted by molar-refractivity contribution is 7.71. The maximum absolute atomic E-state index is 5.00. The van der Waals surface area contributed by atoms with Crippen LogP contribution in [0.15, 0.2) is 36.4 Å². The Kier molecular flexibility index (Phi) is 2.65. The molecule has 1 aromatic carbocycles. The van der Waals surface area contributed by atoms with Gasteiger partial charge in [0.05, 0.1) is 0 Å². The molecule has 0 saturated heterocycles. The van der Waals surface area contributed by atoms with Crippen LogP contribution in [0.2, 0.25) is 0 Å². The minimum atomic E-state index is 0.672. The topological polar surface area (TPSA) is 31.9 Å². The van der Waals surface area contributed by atoms with Crippen molar-refractivity contribution in [2.24, 2.45) is 0 Å². The summed E-state index contributed by atoms with van der Waals surface area (Å²) in [7, 11) is 0. The van der Waals surface area contributed by atoms with Crippen molar-refractivity contribution < 1.29 is 0 Å². The summed E-state index contributed by atoms with van der Waals surface area (Å²) < 4.78 is 0.672. The van der Waals surface area contributed by atoms with Crippen LogP contribution in [0.5, 0.6) is 0 Å². The van der Waals surface area contributed by atoms with Gasteiger partial charge in [-0.05, 0) is 29.7 Å². The van der Waals surface area contributed by atoms with E-state index >= 15 is 0 Å². The van der Waals surface area contributed by atoms with E-state index in [1.807, 2.05) is 12.1 Å². The Morgan fingerprint density at radius 3 is 2.71 bits per heavy atom. The van der Waals surface area contributed by atoms with Gasteiger partial charge in [0.15, 0.2) is 0 Å². The zero-order valence-corrected chi connectivity index (χ0v) is 10.2. The molecule has 0 radical (unpaired) electrons. The van der Waals surface area contributed by atoms with Gasteiger partial charge in [0, 0.05) is 13.1 Å². The zero-order chi connectivity index (χ0) is 11.7. The molecule has 0 bridgehead atoms. The van der Waals surface area contributed by atoms with Gasteiger partial charge in [0.1, 0.15) is 10.5 Å². The fraction of sp³-hybridized carbons (Fsp3) is 0.231. The van der Waals surface area contributed by atoms with Gasteiger partial charge < -0.3 is 4.90 Å². The number of rotatable bonds is 1. The zero-order valence-electron chi connectivity index (χ0n) is 9.39. The van der Waals surface area contributed by atoms with Crippen LogP contribution in [-0.2, 0) is 13.0 Å². The molecular weight excluding hydrogens is 230 g/mol. The first-order valence-corrected chi connectivity index (χ1v) is 6.11. The van der Waals surface area contributed by atoms with E-state index in [1.165, 1.54) is 11.1 Å². The van der Waals surface area contributed by atoms with Gasteiger partial charge in [-0.3, -0.25) is 5.10 Å². The number of hydrogen-bond donors (Lipinski definition) is 1. The first kappa shape index (κ1) is 10.5. The third-order valence-electron chi connectivity index (χ3n) is 3.12. The lowest BCUT2D eigenvalue weighted by Gasteiger charge is -2.29. The van der Waals surface area contributed by atoms with Crippen molar-refractivity contribution >= 4 is 18.0 Å². The van der Waals surface area contributed by atoms with Crippen molar-refractivity contribution in [2.75, 3.05) is 11.4 Å². The Morgan fingerprint density at radius 1 is 1.12 bits per heavy atom. The number of aromatic nitrogens is 2. The summed E-state index contributed by atoms with van der Waals surface area (Å²) in [5.41, 5.74) is 2.84. The van der Waals surface area contributed by atoms with E-state index in [1.54, 1.807) is 0 Å². The smallest absolute Gasteiger partial charge is 0.149 e. The van der Waals surface area contributed by atoms with Crippen molar-refractivity contribution in [1.82, 2.24) is 10.2 Å². The van der Waals surface area contributed by atoms with Crippen LogP contribution < -0.4 is 4.90 Å². The molecular formula is C13H13N3S. The van der Waals surface area contributed by atoms with Gasteiger partial charge in [0.2, 0.25) is 0 Å². The number of anilines is 1. The van der Waals surface area contributed by atoms with E-state index in [-0.39, 0.29) is 0 Å². The van der Waals surface area contributed by atoms with E-state index < -0.39 is 0 Å². The third-order valence-corrected chi connectivity index (χ3v) is 3.35. The van der Waals surface area contributed by atoms with Crippen LogP contribution >= 0.6 is 12.2 Å². The highest BCUT2D eigenvalue weighted by Crippen LogP contribution is 2.22. The summed E-state index contributed by atoms with van der Waals surface area (Å²) >= 11 is 5.00. The number of benzene rings is 1. The summed E-state index contributed by atoms with van der Waals surface area (Å²) in [6.45, 7) is 1.93. The van der Waals surface area contributed by atoms with Crippen molar-refractivity contribution in [1.29, 1.82) is 0 Å². The molecule has 0 fully saturated rings. The second-order valence-electron chi connectivity index (χ2n) is 4.22. The average molecular weight is 243 g/mol. The van der Waals surface area contributed by atoms with E-state index in [4.69, 9.17) is 12.2 Å². The van der Waals surface area contributed by atoms with Crippen LogP contribution in [0.1, 0.15) is 11.1 Å². The molecule has 2 aromatic rings. The molecule has 0 amide bonds. The highest BCUT2D eigenvalue weighted by Gasteiger charge is 2.16. The molecule has 1 aliphatic heterocycles. The Balaban J connectivity index is 1.89. The Bertz CT molecular complexity index is 571. The molecule has 86 valence electrons. The standard InChI is InChI=1S/C13H13N3S/c17-13-6-5-12(14-15-13)16-8-7-10-3-1-2-4-11(10)9-16/h1-6H,7-9H2,(H,15,17). The molecule has 0 aliphatic carbocycles. The monoisotopic (exact) mass is 243 g/mol. The van der Waals surface area contributed by atoms with Crippen molar-refractivity contribution in [3.05, 3.63) is 52.2 Å². The largest absolute Gasteiger partial charge is 0.351 e. The van der Waals surface area contributed by atoms with Gasteiger partial charge in [-0.15, -0.1) is 0 Å². The maximum atomic E-state index is 5.00. The van der Waals surface area contributed by atoms with Crippen molar-refractivity contribution in [2.45, 2.75) is 13.0 Å². The predicted octanol–water partition coefficient (Wildman–Crippen LogP) is 2.70. The van der Waals surface area contributed by atoms with Crippen molar-refractivity contribution in [3.8, 4) is 0 Å². The Labute approximate surface area is 105 Å². The van der Waals surface area contributed by atoms with E-state index in [0.29, 0.717) is 4.64 Å². The molecule has 1 aromatic heterocycles. The molecule has 0 saturated carbocycles. The molecule has 0 spiro atoms. The molecule has 0 atom stereocenters. The van der Waals surface area contributed by atoms with E-state index in [2.05, 4.69) is 39.4 Å². The predicted molar refractivity (Wildman–Crippen MR) is 70.6 cm³/mol. The highest BCUT2D eigenvalue weighted by atomic mass is 32.1. The maximum Gasteiger partial charge on any atom is 0.149 e. The normalized spacial score (nSPS) is 14.5. The molecule has 1 aliphatic rings. The van der Waals surface area contributed by atoms with Gasteiger partial charge in [0.25, 0.3) is 0 Å². The van der Waals surface area contributed by atoms with Crippen LogP contribution in [0.3, 0.4) is 0 Å². The summed E-state index contributed by atoms with van der Waals surface area (Å²) in [6, 6.07) is 12.5. The Morgan fingerprint density at radius 2 is 1.94 bits per heavy atom. The van der Waals surface area contributed by atoms with Gasteiger partial charge in [-0.25, -0.2) is 0 Å². The third kappa shape index (κ3) is 2.08. The molecule has 3 rings (SSSR count). The molecule has 4 heteroatoms. The minimum absolute atomic E-state index is 0.672. The average Bonchev–Trinajstić information content (AvgIpc) is 2.39. The fourth-order valence-corrected chi connectivity index (χ4v) is 2.32. The number of hydrogen-bond acceptors (Lipinski definition) is 3. The summed E-state index contributed by atoms with van der Waals surface area (Å²) in [5, 5.41) is 7.12. The molecule has 3 nitrogen and oxygen atoms in total. The summed E-state index contributed by atoms with van der Waals surface area (Å²) in [6.07, 6.45) is 1.08. The number of fused-ring (bicyclic) bond motifs is 1. The number of nitrogens with one attached hydrogen (secondary N) is 1. The van der Waals surface area contributed by atoms with Crippen LogP contribution in [0.25, 0.3) is 0 Å². The second-order valence-corrected chi connectivity index (χ2v) is 4.66. The fourth-order valence-electron chi connectivity index (χ4n) is 2.20. The quantitative estimate of drug-likeness (QED) is 0.781. The number of H-pyrrole nitrogens is 1. The van der Waals surface area contributed by atoms with E-state index in [0.717, 1.165) is 25.3 Å². The van der Waals surface area contributed by atoms with Crippen LogP contribution in [0.4, 0.5) is 5.82 Å². The lowest BCUT2D eigenvalue weighted by molar-refractivity contribution is 0.712. The number of aromatic amines is 1. The van der Waals surface area contributed by atoms with Gasteiger partial charge >= 0.3 is 0 Å². The number of nitrogens with zero attached hydrogens (tertiary/aromatic N) is 2. The van der Waals surface area contributed by atoms with Gasteiger partial charge in [-0.2, -0.15) is 5.10 Å². The SMILES string of the molecule is S=c1ccc(N2CCc3ccccc3C2)n[nH]1. The Hall–Kier alpha value is -1.68. The second kappa shape index (κ2) is 4.30. The van der Waals surface area contributed by atoms with E-state index in [9.17, 15) is 0 Å². The first-order valence-electron chi connectivity index (χ1n) is 5.70. The molecule has 17 heavy (non-hydrogen) atoms. The van der Waals surface area contributed by atoms with Crippen LogP contribution in [-0.4, -0.2) is 16.7 Å². The van der Waals surface area contributed by atoms with Crippen molar-refractivity contribution in [3.63, 3.8) is 0 Å². The molecule has 1 N–H and O–H groups in total. The molecule has 2 heterocycles. The minimum Gasteiger partial charge on any atom is -0.351 e. The lowest BCUT2D eigenvalue weighted by atomic mass is 10.00. The van der Waals surface area contributed by atoms with Crippen LogP contribution in [0, 0.1) is 4.64 Å².